The first-order chi connectivity index (χ1) is 27.9. The Labute approximate surface area is 366 Å². The second-order valence-corrected chi connectivity index (χ2v) is 22.3. The van der Waals surface area contributed by atoms with E-state index in [1.807, 2.05) is 6.92 Å². The van der Waals surface area contributed by atoms with E-state index in [1.54, 1.807) is 88.3 Å². The zero-order valence-corrected chi connectivity index (χ0v) is 39.5. The molecule has 0 aromatic carbocycles. The normalized spacial score (nSPS) is 43.6. The zero-order chi connectivity index (χ0) is 47.1. The van der Waals surface area contributed by atoms with Gasteiger partial charge in [0.2, 0.25) is 0 Å². The molecule has 62 heavy (non-hydrogen) atoms. The third-order valence-corrected chi connectivity index (χ3v) is 14.4. The van der Waals surface area contributed by atoms with Gasteiger partial charge in [-0.2, -0.15) is 0 Å². The number of carbonyl (C=O) groups excluding carboxylic acids is 4. The number of methoxy groups -OCH3 is 1. The van der Waals surface area contributed by atoms with Crippen molar-refractivity contribution in [2.24, 2.45) is 16.2 Å². The van der Waals surface area contributed by atoms with Gasteiger partial charge in [-0.05, 0) is 81.2 Å². The maximum absolute atomic E-state index is 13.9. The molecule has 3 saturated heterocycles. The molecule has 5 rings (SSSR count). The molecule has 0 aliphatic carbocycles. The van der Waals surface area contributed by atoms with Gasteiger partial charge in [0.15, 0.2) is 17.2 Å². The average molecular weight is 877 g/mol. The van der Waals surface area contributed by atoms with Crippen LogP contribution in [0.5, 0.6) is 0 Å². The standard InChI is InChI=1S/C47H72O15/c1-28(48)43(12)27-44(13)45(14)30(19-34(51)59-45)23-46(54,62-44)38(5,6)16-17-40(9)21-29(18-33(50)56-15)22-42(11,60-40)26-47(55)39(7,8)32(57-36(53)37(2,3)4)25-41(10,61-47)24-31(49)20-35(52)58-43/h16-19,28,31-32,48-49,54-55H,20-27H2,1-15H3/t28-,31+,32+,40+,41-,42+,43-,44-,45+,46-,47+/m1/s1. The van der Waals surface area contributed by atoms with Gasteiger partial charge in [0.05, 0.1) is 53.4 Å². The number of carbonyl (C=O) groups is 4. The van der Waals surface area contributed by atoms with Gasteiger partial charge in [-0.15, -0.1) is 0 Å². The Morgan fingerprint density at radius 1 is 0.839 bits per heavy atom. The molecular formula is C47H72O15. The third-order valence-electron chi connectivity index (χ3n) is 14.4. The molecule has 15 heteroatoms. The Hall–Kier alpha value is -3.18. The minimum Gasteiger partial charge on any atom is -0.466 e. The highest BCUT2D eigenvalue weighted by atomic mass is 16.7. The van der Waals surface area contributed by atoms with Crippen LogP contribution in [0.4, 0.5) is 0 Å². The molecule has 0 amide bonds. The fourth-order valence-electron chi connectivity index (χ4n) is 10.1. The zero-order valence-electron chi connectivity index (χ0n) is 39.5. The van der Waals surface area contributed by atoms with E-state index in [-0.39, 0.29) is 44.9 Å². The second kappa shape index (κ2) is 15.8. The molecule has 4 N–H and O–H groups in total. The summed E-state index contributed by atoms with van der Waals surface area (Å²) in [6, 6.07) is 0. The quantitative estimate of drug-likeness (QED) is 0.118. The number of ether oxygens (including phenoxy) is 7. The second-order valence-electron chi connectivity index (χ2n) is 22.3. The summed E-state index contributed by atoms with van der Waals surface area (Å²) in [7, 11) is 1.28. The van der Waals surface area contributed by atoms with Crippen molar-refractivity contribution in [3.8, 4) is 0 Å². The summed E-state index contributed by atoms with van der Waals surface area (Å²) in [6.07, 6.45) is 1.54. The minimum absolute atomic E-state index is 0.0357. The number of esters is 4. The number of aliphatic hydroxyl groups is 4. The van der Waals surface area contributed by atoms with Crippen molar-refractivity contribution in [3.05, 3.63) is 35.5 Å². The predicted octanol–water partition coefficient (Wildman–Crippen LogP) is 5.57. The molecule has 0 unspecified atom stereocenters. The summed E-state index contributed by atoms with van der Waals surface area (Å²) in [4.78, 5) is 53.2. The van der Waals surface area contributed by atoms with E-state index >= 15 is 0 Å². The van der Waals surface area contributed by atoms with Crippen molar-refractivity contribution >= 4 is 23.9 Å². The summed E-state index contributed by atoms with van der Waals surface area (Å²) in [5.41, 5.74) is -11.0. The largest absolute Gasteiger partial charge is 0.466 e. The van der Waals surface area contributed by atoms with Crippen LogP contribution in [0.1, 0.15) is 148 Å². The van der Waals surface area contributed by atoms with Crippen LogP contribution in [0.25, 0.3) is 0 Å². The highest BCUT2D eigenvalue weighted by Gasteiger charge is 2.67. The Morgan fingerprint density at radius 2 is 1.47 bits per heavy atom. The van der Waals surface area contributed by atoms with Gasteiger partial charge in [0, 0.05) is 56.1 Å². The first-order valence-electron chi connectivity index (χ1n) is 21.7. The monoisotopic (exact) mass is 876 g/mol. The highest BCUT2D eigenvalue weighted by molar-refractivity contribution is 5.87. The van der Waals surface area contributed by atoms with Gasteiger partial charge in [0.25, 0.3) is 0 Å². The molecule has 0 aromatic rings. The molecule has 0 aromatic heterocycles. The van der Waals surface area contributed by atoms with E-state index in [0.29, 0.717) is 11.1 Å². The Kier molecular flexibility index (Phi) is 12.7. The molecule has 6 bridgehead atoms. The molecule has 5 aliphatic rings. The number of aliphatic hydroxyl groups excluding tert-OH is 2. The highest BCUT2D eigenvalue weighted by Crippen LogP contribution is 2.58. The van der Waals surface area contributed by atoms with Crippen LogP contribution in [0, 0.1) is 16.2 Å². The number of hydrogen-bond acceptors (Lipinski definition) is 15. The Morgan fingerprint density at radius 3 is 2.05 bits per heavy atom. The Bertz CT molecular complexity index is 1910. The molecule has 0 spiro atoms. The molecule has 5 heterocycles. The summed E-state index contributed by atoms with van der Waals surface area (Å²) in [5, 5.41) is 48.7. The van der Waals surface area contributed by atoms with Gasteiger partial charge < -0.3 is 53.6 Å². The van der Waals surface area contributed by atoms with Gasteiger partial charge in [0.1, 0.15) is 17.3 Å². The van der Waals surface area contributed by atoms with Gasteiger partial charge >= 0.3 is 23.9 Å². The lowest BCUT2D eigenvalue weighted by Crippen LogP contribution is -2.68. The fourth-order valence-corrected chi connectivity index (χ4v) is 10.1. The molecule has 3 fully saturated rings. The summed E-state index contributed by atoms with van der Waals surface area (Å²) < 4.78 is 43.7. The predicted molar refractivity (Wildman–Crippen MR) is 225 cm³/mol. The van der Waals surface area contributed by atoms with Crippen LogP contribution >= 0.6 is 0 Å². The molecule has 350 valence electrons. The van der Waals surface area contributed by atoms with Gasteiger partial charge in [-0.25, -0.2) is 9.59 Å². The summed E-state index contributed by atoms with van der Waals surface area (Å²) in [5.74, 6) is -6.77. The van der Waals surface area contributed by atoms with Crippen LogP contribution in [0.2, 0.25) is 0 Å². The van der Waals surface area contributed by atoms with E-state index in [9.17, 15) is 39.6 Å². The lowest BCUT2D eigenvalue weighted by Gasteiger charge is -2.59. The third kappa shape index (κ3) is 9.32. The minimum atomic E-state index is -2.11. The van der Waals surface area contributed by atoms with E-state index in [0.717, 1.165) is 0 Å². The lowest BCUT2D eigenvalue weighted by atomic mass is 9.65. The van der Waals surface area contributed by atoms with Gasteiger partial charge in [-0.1, -0.05) is 45.4 Å². The molecule has 0 saturated carbocycles. The van der Waals surface area contributed by atoms with Gasteiger partial charge in [-0.3, -0.25) is 9.59 Å². The maximum Gasteiger partial charge on any atom is 0.331 e. The molecule has 0 radical (unpaired) electrons. The smallest absolute Gasteiger partial charge is 0.331 e. The summed E-state index contributed by atoms with van der Waals surface area (Å²) >= 11 is 0. The summed E-state index contributed by atoms with van der Waals surface area (Å²) in [6.45, 7) is 23.6. The molecule has 11 atom stereocenters. The van der Waals surface area contributed by atoms with Crippen LogP contribution in [-0.4, -0.2) is 115 Å². The van der Waals surface area contributed by atoms with Crippen LogP contribution < -0.4 is 0 Å². The van der Waals surface area contributed by atoms with Crippen molar-refractivity contribution < 1.29 is 72.8 Å². The first kappa shape index (κ1) is 49.8. The average Bonchev–Trinajstić information content (AvgIpc) is 3.37. The number of rotatable bonds is 3. The molecular weight excluding hydrogens is 805 g/mol. The van der Waals surface area contributed by atoms with Crippen molar-refractivity contribution in [1.29, 1.82) is 0 Å². The SMILES string of the molecule is COC(=O)C=C1C[C@@]2(C)C[C@]3(O)O[C@](C)(C[C@@H](O)CC(=O)O[C@@](C)([C@@H](C)O)C[C@@]4(C)O[C@](O)(CC5=CC(=O)O[C@@]54C)C(C)(C)C=C[C@@](C)(C1)O2)C[C@H](OC(=O)C(C)(C)C)C3(C)C. The van der Waals surface area contributed by atoms with Crippen molar-refractivity contribution in [1.82, 2.24) is 0 Å². The maximum atomic E-state index is 13.9. The fraction of sp³-hybridized carbons (Fsp3) is 0.787. The van der Waals surface area contributed by atoms with Crippen molar-refractivity contribution in [3.63, 3.8) is 0 Å². The van der Waals surface area contributed by atoms with E-state index < -0.39 is 110 Å². The Balaban J connectivity index is 1.71. The number of cyclic esters (lactones) is 1. The van der Waals surface area contributed by atoms with Crippen LogP contribution in [0.3, 0.4) is 0 Å². The molecule has 15 nitrogen and oxygen atoms in total. The topological polar surface area (TPSA) is 214 Å². The lowest BCUT2D eigenvalue weighted by molar-refractivity contribution is -0.380. The first-order valence-corrected chi connectivity index (χ1v) is 21.7. The number of hydrogen-bond donors (Lipinski definition) is 4. The van der Waals surface area contributed by atoms with E-state index in [2.05, 4.69) is 0 Å². The van der Waals surface area contributed by atoms with Crippen molar-refractivity contribution in [2.45, 2.75) is 212 Å². The molecule has 5 aliphatic heterocycles. The van der Waals surface area contributed by atoms with Crippen LogP contribution in [0.15, 0.2) is 35.5 Å². The van der Waals surface area contributed by atoms with Crippen LogP contribution in [-0.2, 0) is 52.3 Å². The van der Waals surface area contributed by atoms with E-state index in [4.69, 9.17) is 33.2 Å². The van der Waals surface area contributed by atoms with Crippen molar-refractivity contribution in [2.75, 3.05) is 7.11 Å². The number of fused-ring (bicyclic) bond motifs is 8. The van der Waals surface area contributed by atoms with E-state index in [1.165, 1.54) is 33.1 Å².